The Bertz CT molecular complexity index is 553. The predicted molar refractivity (Wildman–Crippen MR) is 62.4 cm³/mol. The van der Waals surface area contributed by atoms with E-state index < -0.39 is 29.8 Å². The van der Waals surface area contributed by atoms with Crippen molar-refractivity contribution < 1.29 is 31.5 Å². The van der Waals surface area contributed by atoms with E-state index in [9.17, 15) is 26.7 Å². The molecule has 1 atom stereocenters. The Kier molecular flexibility index (Phi) is 3.89. The van der Waals surface area contributed by atoms with Crippen molar-refractivity contribution >= 4 is 5.97 Å². The van der Waals surface area contributed by atoms with Gasteiger partial charge in [-0.25, -0.2) is 4.79 Å². The molecule has 0 saturated carbocycles. The summed E-state index contributed by atoms with van der Waals surface area (Å²) >= 11 is 0. The number of carbonyl (C=O) groups is 1. The van der Waals surface area contributed by atoms with Gasteiger partial charge in [0, 0.05) is 6.08 Å². The highest BCUT2D eigenvalue weighted by atomic mass is 19.4. The van der Waals surface area contributed by atoms with Crippen molar-refractivity contribution in [2.45, 2.75) is 18.1 Å². The fourth-order valence-corrected chi connectivity index (χ4v) is 1.79. The van der Waals surface area contributed by atoms with Gasteiger partial charge in [-0.15, -0.1) is 0 Å². The molecule has 0 spiro atoms. The number of esters is 1. The quantitative estimate of drug-likeness (QED) is 0.674. The lowest BCUT2D eigenvalue weighted by molar-refractivity contribution is -0.266. The van der Waals surface area contributed by atoms with Crippen LogP contribution in [-0.2, 0) is 9.53 Å². The summed E-state index contributed by atoms with van der Waals surface area (Å²) < 4.78 is 68.7. The van der Waals surface area contributed by atoms with Crippen LogP contribution in [-0.4, -0.2) is 24.7 Å². The molecule has 1 aliphatic rings. The lowest BCUT2D eigenvalue weighted by Gasteiger charge is -2.25. The average Bonchev–Trinajstić information content (AvgIpc) is 2.61. The number of hydrogen-bond donors (Lipinski definition) is 1. The third-order valence-corrected chi connectivity index (χ3v) is 2.88. The zero-order chi connectivity index (χ0) is 15.7. The first kappa shape index (κ1) is 15.3. The Hall–Kier alpha value is -2.12. The van der Waals surface area contributed by atoms with E-state index in [2.05, 4.69) is 10.1 Å². The van der Waals surface area contributed by atoms with E-state index in [-0.39, 0.29) is 12.7 Å². The molecule has 0 radical (unpaired) electrons. The summed E-state index contributed by atoms with van der Waals surface area (Å²) in [6, 6.07) is 6.91. The summed E-state index contributed by atoms with van der Waals surface area (Å²) in [5.74, 6) is -6.41. The number of allylic oxidation sites excluding steroid dienone is 1. The lowest BCUT2D eigenvalue weighted by Crippen LogP contribution is -2.44. The number of benzene rings is 1. The molecule has 0 fully saturated rings. The van der Waals surface area contributed by atoms with E-state index in [0.717, 1.165) is 0 Å². The largest absolute Gasteiger partial charge is 0.460 e. The predicted octanol–water partition coefficient (Wildman–Crippen LogP) is 2.96. The van der Waals surface area contributed by atoms with Gasteiger partial charge in [-0.2, -0.15) is 22.0 Å². The van der Waals surface area contributed by atoms with Gasteiger partial charge >= 0.3 is 18.1 Å². The van der Waals surface area contributed by atoms with Crippen LogP contribution in [0.5, 0.6) is 0 Å². The molecule has 1 N–H and O–H groups in total. The van der Waals surface area contributed by atoms with Gasteiger partial charge in [-0.3, -0.25) is 0 Å². The van der Waals surface area contributed by atoms with Gasteiger partial charge in [0.1, 0.15) is 6.61 Å². The van der Waals surface area contributed by atoms with Crippen molar-refractivity contribution in [1.29, 1.82) is 0 Å². The van der Waals surface area contributed by atoms with E-state index in [4.69, 9.17) is 0 Å². The van der Waals surface area contributed by atoms with E-state index in [1.54, 1.807) is 18.2 Å². The Morgan fingerprint density at radius 3 is 2.29 bits per heavy atom. The number of hydrogen-bond acceptors (Lipinski definition) is 3. The summed E-state index contributed by atoms with van der Waals surface area (Å²) in [5.41, 5.74) is -1.09. The van der Waals surface area contributed by atoms with Crippen LogP contribution in [0.3, 0.4) is 0 Å². The summed E-state index contributed by atoms with van der Waals surface area (Å²) in [7, 11) is 0. The maximum atomic E-state index is 13.4. The molecule has 3 nitrogen and oxygen atoms in total. The second kappa shape index (κ2) is 5.34. The Balaban J connectivity index is 2.34. The number of halogens is 5. The minimum absolute atomic E-state index is 0.135. The molecule has 0 amide bonds. The second-order valence-corrected chi connectivity index (χ2v) is 4.37. The van der Waals surface area contributed by atoms with Gasteiger partial charge in [0.25, 0.3) is 0 Å². The minimum Gasteiger partial charge on any atom is -0.460 e. The summed E-state index contributed by atoms with van der Waals surface area (Å²) in [4.78, 5) is 11.2. The van der Waals surface area contributed by atoms with Crippen molar-refractivity contribution in [3.05, 3.63) is 47.7 Å². The molecule has 21 heavy (non-hydrogen) atoms. The van der Waals surface area contributed by atoms with E-state index in [1.165, 1.54) is 12.1 Å². The Labute approximate surface area is 116 Å². The first-order valence-electron chi connectivity index (χ1n) is 5.87. The SMILES string of the molecule is O=C1C=C(C(F)(F)C(F)(F)F)N[C@@H](c2ccccc2)CO1. The highest BCUT2D eigenvalue weighted by Crippen LogP contribution is 2.41. The van der Waals surface area contributed by atoms with Crippen LogP contribution in [0, 0.1) is 0 Å². The van der Waals surface area contributed by atoms with Crippen LogP contribution in [0.4, 0.5) is 22.0 Å². The smallest absolute Gasteiger partial charge is 0.459 e. The molecule has 0 unspecified atom stereocenters. The summed E-state index contributed by atoms with van der Waals surface area (Å²) in [5, 5.41) is 2.05. The van der Waals surface area contributed by atoms with Gasteiger partial charge < -0.3 is 10.1 Å². The van der Waals surface area contributed by atoms with Crippen LogP contribution < -0.4 is 5.32 Å². The lowest BCUT2D eigenvalue weighted by atomic mass is 10.1. The van der Waals surface area contributed by atoms with Crippen molar-refractivity contribution in [3.8, 4) is 0 Å². The number of carbonyl (C=O) groups excluding carboxylic acids is 1. The van der Waals surface area contributed by atoms with Crippen molar-refractivity contribution in [3.63, 3.8) is 0 Å². The van der Waals surface area contributed by atoms with Crippen LogP contribution in [0.25, 0.3) is 0 Å². The molecule has 8 heteroatoms. The number of rotatable bonds is 2. The summed E-state index contributed by atoms with van der Waals surface area (Å²) in [6.07, 6.45) is -5.67. The average molecular weight is 307 g/mol. The van der Waals surface area contributed by atoms with E-state index in [0.29, 0.717) is 5.56 Å². The topological polar surface area (TPSA) is 38.3 Å². The standard InChI is InChI=1S/C13H10F5NO2/c14-12(15,13(16,17)18)10-6-11(20)21-7-9(19-10)8-4-2-1-3-5-8/h1-6,9,19H,7H2/t9-/m1/s1. The van der Waals surface area contributed by atoms with Gasteiger partial charge in [-0.05, 0) is 5.56 Å². The fraction of sp³-hybridized carbons (Fsp3) is 0.308. The third-order valence-electron chi connectivity index (χ3n) is 2.88. The Morgan fingerprint density at radius 1 is 1.10 bits per heavy atom. The first-order chi connectivity index (χ1) is 9.72. The molecular formula is C13H10F5NO2. The number of nitrogens with one attached hydrogen (secondary N) is 1. The molecule has 0 saturated heterocycles. The maximum absolute atomic E-state index is 13.4. The summed E-state index contributed by atoms with van der Waals surface area (Å²) in [6.45, 7) is -0.350. The van der Waals surface area contributed by atoms with Crippen molar-refractivity contribution in [1.82, 2.24) is 5.32 Å². The van der Waals surface area contributed by atoms with Gasteiger partial charge in [-0.1, -0.05) is 30.3 Å². The first-order valence-corrected chi connectivity index (χ1v) is 5.87. The number of ether oxygens (including phenoxy) is 1. The molecule has 0 aliphatic carbocycles. The zero-order valence-corrected chi connectivity index (χ0v) is 10.5. The minimum atomic E-state index is -5.81. The molecule has 114 valence electrons. The van der Waals surface area contributed by atoms with Crippen LogP contribution >= 0.6 is 0 Å². The molecule has 0 bridgehead atoms. The monoisotopic (exact) mass is 307 g/mol. The van der Waals surface area contributed by atoms with Crippen LogP contribution in [0.15, 0.2) is 42.1 Å². The van der Waals surface area contributed by atoms with E-state index >= 15 is 0 Å². The second-order valence-electron chi connectivity index (χ2n) is 4.37. The molecule has 1 aliphatic heterocycles. The number of cyclic esters (lactones) is 1. The van der Waals surface area contributed by atoms with Crippen LogP contribution in [0.1, 0.15) is 11.6 Å². The molecule has 2 rings (SSSR count). The molecule has 1 heterocycles. The molecule has 0 aromatic heterocycles. The van der Waals surface area contributed by atoms with Crippen molar-refractivity contribution in [2.24, 2.45) is 0 Å². The van der Waals surface area contributed by atoms with Gasteiger partial charge in [0.15, 0.2) is 0 Å². The van der Waals surface area contributed by atoms with Gasteiger partial charge in [0.2, 0.25) is 0 Å². The number of alkyl halides is 5. The maximum Gasteiger partial charge on any atom is 0.459 e. The fourth-order valence-electron chi connectivity index (χ4n) is 1.79. The molecule has 1 aromatic carbocycles. The van der Waals surface area contributed by atoms with Crippen molar-refractivity contribution in [2.75, 3.05) is 6.61 Å². The van der Waals surface area contributed by atoms with Crippen LogP contribution in [0.2, 0.25) is 0 Å². The zero-order valence-electron chi connectivity index (χ0n) is 10.5. The Morgan fingerprint density at radius 2 is 1.71 bits per heavy atom. The molecule has 1 aromatic rings. The third kappa shape index (κ3) is 3.14. The van der Waals surface area contributed by atoms with E-state index in [1.807, 2.05) is 0 Å². The normalized spacial score (nSPS) is 20.1. The highest BCUT2D eigenvalue weighted by Gasteiger charge is 2.61. The van der Waals surface area contributed by atoms with Gasteiger partial charge in [0.05, 0.1) is 11.7 Å². The highest BCUT2D eigenvalue weighted by molar-refractivity contribution is 5.83. The molecular weight excluding hydrogens is 297 g/mol.